The molecular weight excluding hydrogens is 240 g/mol. The minimum atomic E-state index is -0.220. The van der Waals surface area contributed by atoms with Crippen LogP contribution in [0.1, 0.15) is 23.0 Å². The van der Waals surface area contributed by atoms with Crippen molar-refractivity contribution in [2.75, 3.05) is 17.2 Å². The summed E-state index contributed by atoms with van der Waals surface area (Å²) in [5, 5.41) is 5.90. The molecular formula is C14H16N4O. The van der Waals surface area contributed by atoms with E-state index in [-0.39, 0.29) is 5.91 Å². The number of hydrogen-bond donors (Lipinski definition) is 2. The Morgan fingerprint density at radius 1 is 1.32 bits per heavy atom. The maximum atomic E-state index is 12.2. The third kappa shape index (κ3) is 3.28. The molecule has 0 spiro atoms. The van der Waals surface area contributed by atoms with Crippen molar-refractivity contribution in [3.63, 3.8) is 0 Å². The number of carbonyl (C=O) groups is 1. The Bertz CT molecular complexity index is 583. The SMILES string of the molecule is CCNc1ccncc1C(=O)Nc1cccc(C)n1. The van der Waals surface area contributed by atoms with Gasteiger partial charge in [-0.3, -0.25) is 9.78 Å². The molecule has 0 aromatic carbocycles. The van der Waals surface area contributed by atoms with E-state index < -0.39 is 0 Å². The summed E-state index contributed by atoms with van der Waals surface area (Å²) in [7, 11) is 0. The molecule has 2 aromatic heterocycles. The lowest BCUT2D eigenvalue weighted by Crippen LogP contribution is -2.16. The molecule has 0 saturated carbocycles. The highest BCUT2D eigenvalue weighted by molar-refractivity contribution is 6.07. The summed E-state index contributed by atoms with van der Waals surface area (Å²) in [4.78, 5) is 20.4. The van der Waals surface area contributed by atoms with Crippen LogP contribution in [-0.2, 0) is 0 Å². The van der Waals surface area contributed by atoms with E-state index in [1.807, 2.05) is 26.0 Å². The quantitative estimate of drug-likeness (QED) is 0.881. The number of carbonyl (C=O) groups excluding carboxylic acids is 1. The predicted molar refractivity (Wildman–Crippen MR) is 75.3 cm³/mol. The highest BCUT2D eigenvalue weighted by atomic mass is 16.1. The number of aromatic nitrogens is 2. The second-order valence-electron chi connectivity index (χ2n) is 4.07. The van der Waals surface area contributed by atoms with Crippen molar-refractivity contribution in [1.29, 1.82) is 0 Å². The zero-order valence-corrected chi connectivity index (χ0v) is 11.0. The summed E-state index contributed by atoms with van der Waals surface area (Å²) >= 11 is 0. The van der Waals surface area contributed by atoms with E-state index in [9.17, 15) is 4.79 Å². The van der Waals surface area contributed by atoms with Crippen LogP contribution < -0.4 is 10.6 Å². The van der Waals surface area contributed by atoms with Crippen molar-refractivity contribution in [2.45, 2.75) is 13.8 Å². The zero-order valence-electron chi connectivity index (χ0n) is 11.0. The maximum Gasteiger partial charge on any atom is 0.260 e. The van der Waals surface area contributed by atoms with Crippen LogP contribution >= 0.6 is 0 Å². The minimum Gasteiger partial charge on any atom is -0.385 e. The average molecular weight is 256 g/mol. The van der Waals surface area contributed by atoms with E-state index in [1.165, 1.54) is 0 Å². The third-order valence-corrected chi connectivity index (χ3v) is 2.56. The first-order valence-corrected chi connectivity index (χ1v) is 6.13. The van der Waals surface area contributed by atoms with E-state index in [4.69, 9.17) is 0 Å². The first-order valence-electron chi connectivity index (χ1n) is 6.13. The molecule has 5 heteroatoms. The molecule has 2 aromatic rings. The summed E-state index contributed by atoms with van der Waals surface area (Å²) < 4.78 is 0. The Morgan fingerprint density at radius 3 is 2.89 bits per heavy atom. The molecule has 0 radical (unpaired) electrons. The molecule has 98 valence electrons. The molecule has 0 fully saturated rings. The van der Waals surface area contributed by atoms with Gasteiger partial charge in [0.2, 0.25) is 0 Å². The van der Waals surface area contributed by atoms with Crippen LogP contribution in [0.2, 0.25) is 0 Å². The van der Waals surface area contributed by atoms with E-state index >= 15 is 0 Å². The molecule has 1 amide bonds. The normalized spacial score (nSPS) is 10.0. The number of hydrogen-bond acceptors (Lipinski definition) is 4. The van der Waals surface area contributed by atoms with Gasteiger partial charge in [-0.05, 0) is 32.0 Å². The zero-order chi connectivity index (χ0) is 13.7. The van der Waals surface area contributed by atoms with Crippen LogP contribution in [0.15, 0.2) is 36.7 Å². The van der Waals surface area contributed by atoms with E-state index in [1.54, 1.807) is 24.5 Å². The van der Waals surface area contributed by atoms with Crippen LogP contribution in [0.5, 0.6) is 0 Å². The van der Waals surface area contributed by atoms with Crippen LogP contribution in [-0.4, -0.2) is 22.4 Å². The maximum absolute atomic E-state index is 12.2. The van der Waals surface area contributed by atoms with Gasteiger partial charge in [-0.1, -0.05) is 6.07 Å². The first kappa shape index (κ1) is 13.0. The molecule has 0 aliphatic rings. The average Bonchev–Trinajstić information content (AvgIpc) is 2.39. The van der Waals surface area contributed by atoms with Gasteiger partial charge in [-0.2, -0.15) is 0 Å². The van der Waals surface area contributed by atoms with E-state index in [0.717, 1.165) is 17.9 Å². The highest BCUT2D eigenvalue weighted by Gasteiger charge is 2.11. The first-order chi connectivity index (χ1) is 9.20. The number of nitrogens with one attached hydrogen (secondary N) is 2. The Morgan fingerprint density at radius 2 is 2.16 bits per heavy atom. The number of pyridine rings is 2. The molecule has 0 bridgehead atoms. The molecule has 2 heterocycles. The van der Waals surface area contributed by atoms with Gasteiger partial charge in [-0.25, -0.2) is 4.98 Å². The predicted octanol–water partition coefficient (Wildman–Crippen LogP) is 2.47. The number of rotatable bonds is 4. The molecule has 2 N–H and O–H groups in total. The van der Waals surface area contributed by atoms with Gasteiger partial charge < -0.3 is 10.6 Å². The Labute approximate surface area is 112 Å². The second-order valence-corrected chi connectivity index (χ2v) is 4.07. The monoisotopic (exact) mass is 256 g/mol. The molecule has 0 saturated heterocycles. The molecule has 5 nitrogen and oxygen atoms in total. The van der Waals surface area contributed by atoms with Gasteiger partial charge in [0.15, 0.2) is 0 Å². The van der Waals surface area contributed by atoms with Crippen LogP contribution in [0.4, 0.5) is 11.5 Å². The molecule has 19 heavy (non-hydrogen) atoms. The van der Waals surface area contributed by atoms with Crippen molar-refractivity contribution in [3.8, 4) is 0 Å². The lowest BCUT2D eigenvalue weighted by molar-refractivity contribution is 0.102. The fraction of sp³-hybridized carbons (Fsp3) is 0.214. The molecule has 0 atom stereocenters. The van der Waals surface area contributed by atoms with Crippen LogP contribution in [0.3, 0.4) is 0 Å². The minimum absolute atomic E-state index is 0.220. The highest BCUT2D eigenvalue weighted by Crippen LogP contribution is 2.15. The summed E-state index contributed by atoms with van der Waals surface area (Å²) in [6.07, 6.45) is 3.20. The second kappa shape index (κ2) is 5.95. The van der Waals surface area contributed by atoms with Gasteiger partial charge >= 0.3 is 0 Å². The molecule has 2 rings (SSSR count). The lowest BCUT2D eigenvalue weighted by Gasteiger charge is -2.10. The summed E-state index contributed by atoms with van der Waals surface area (Å²) in [5.41, 5.74) is 2.13. The van der Waals surface area contributed by atoms with Crippen molar-refractivity contribution in [3.05, 3.63) is 47.9 Å². The van der Waals surface area contributed by atoms with Crippen LogP contribution in [0, 0.1) is 6.92 Å². The molecule has 0 aliphatic carbocycles. The van der Waals surface area contributed by atoms with Crippen molar-refractivity contribution < 1.29 is 4.79 Å². The Balaban J connectivity index is 2.20. The summed E-state index contributed by atoms with van der Waals surface area (Å²) in [6.45, 7) is 4.60. The summed E-state index contributed by atoms with van der Waals surface area (Å²) in [6, 6.07) is 7.27. The number of nitrogens with zero attached hydrogens (tertiary/aromatic N) is 2. The van der Waals surface area contributed by atoms with Gasteiger partial charge in [0, 0.05) is 24.6 Å². The van der Waals surface area contributed by atoms with Crippen molar-refractivity contribution in [2.24, 2.45) is 0 Å². The fourth-order valence-corrected chi connectivity index (χ4v) is 1.72. The van der Waals surface area contributed by atoms with Crippen molar-refractivity contribution >= 4 is 17.4 Å². The lowest BCUT2D eigenvalue weighted by atomic mass is 10.2. The van der Waals surface area contributed by atoms with Gasteiger partial charge in [0.1, 0.15) is 5.82 Å². The van der Waals surface area contributed by atoms with Gasteiger partial charge in [0.25, 0.3) is 5.91 Å². The van der Waals surface area contributed by atoms with Gasteiger partial charge in [0.05, 0.1) is 11.3 Å². The third-order valence-electron chi connectivity index (χ3n) is 2.56. The standard InChI is InChI=1S/C14H16N4O/c1-3-16-12-7-8-15-9-11(12)14(19)18-13-6-4-5-10(2)17-13/h4-9H,3H2,1-2H3,(H,15,16)(H,17,18,19). The van der Waals surface area contributed by atoms with Crippen molar-refractivity contribution in [1.82, 2.24) is 9.97 Å². The van der Waals surface area contributed by atoms with E-state index in [0.29, 0.717) is 11.4 Å². The Kier molecular flexibility index (Phi) is 4.07. The molecule has 0 aliphatic heterocycles. The van der Waals surface area contributed by atoms with Crippen LogP contribution in [0.25, 0.3) is 0 Å². The van der Waals surface area contributed by atoms with E-state index in [2.05, 4.69) is 20.6 Å². The number of amides is 1. The topological polar surface area (TPSA) is 66.9 Å². The summed E-state index contributed by atoms with van der Waals surface area (Å²) in [5.74, 6) is 0.318. The number of anilines is 2. The van der Waals surface area contributed by atoms with Gasteiger partial charge in [-0.15, -0.1) is 0 Å². The molecule has 0 unspecified atom stereocenters. The smallest absolute Gasteiger partial charge is 0.260 e. The largest absolute Gasteiger partial charge is 0.385 e. The fourth-order valence-electron chi connectivity index (χ4n) is 1.72. The Hall–Kier alpha value is -2.43. The number of aryl methyl sites for hydroxylation is 1.